The number of aromatic nitrogens is 1. The summed E-state index contributed by atoms with van der Waals surface area (Å²) < 4.78 is 5.56. The topological polar surface area (TPSA) is 42.4 Å². The van der Waals surface area contributed by atoms with Crippen LogP contribution in [0, 0.1) is 6.92 Å². The lowest BCUT2D eigenvalue weighted by molar-refractivity contribution is 0.316. The van der Waals surface area contributed by atoms with Crippen molar-refractivity contribution >= 4 is 0 Å². The molecule has 1 aromatic carbocycles. The molecule has 1 aromatic heterocycles. The second-order valence-corrected chi connectivity index (χ2v) is 4.26. The number of nitrogens with zero attached hydrogens (tertiary/aromatic N) is 1. The summed E-state index contributed by atoms with van der Waals surface area (Å²) >= 11 is 0. The van der Waals surface area contributed by atoms with Crippen LogP contribution in [0.2, 0.25) is 0 Å². The summed E-state index contributed by atoms with van der Waals surface area (Å²) in [5, 5.41) is 9.52. The number of rotatable bonds is 4. The lowest BCUT2D eigenvalue weighted by Crippen LogP contribution is -1.95. The summed E-state index contributed by atoms with van der Waals surface area (Å²) in [6, 6.07) is 7.48. The third-order valence-corrected chi connectivity index (χ3v) is 2.72. The van der Waals surface area contributed by atoms with Crippen LogP contribution in [0.15, 0.2) is 36.7 Å². The van der Waals surface area contributed by atoms with Gasteiger partial charge in [-0.25, -0.2) is 0 Å². The van der Waals surface area contributed by atoms with Crippen LogP contribution >= 0.6 is 0 Å². The van der Waals surface area contributed by atoms with E-state index in [9.17, 15) is 5.11 Å². The zero-order chi connectivity index (χ0) is 13.0. The van der Waals surface area contributed by atoms with Gasteiger partial charge in [0.25, 0.3) is 0 Å². The van der Waals surface area contributed by atoms with Gasteiger partial charge in [0.05, 0.1) is 12.8 Å². The number of ether oxygens (including phenoxy) is 1. The van der Waals surface area contributed by atoms with Crippen LogP contribution < -0.4 is 4.74 Å². The van der Waals surface area contributed by atoms with E-state index in [2.05, 4.69) is 11.9 Å². The molecule has 3 heteroatoms. The van der Waals surface area contributed by atoms with Gasteiger partial charge in [-0.2, -0.15) is 0 Å². The van der Waals surface area contributed by atoms with Gasteiger partial charge in [-0.1, -0.05) is 13.0 Å². The molecule has 0 aliphatic heterocycles. The number of pyridine rings is 1. The third kappa shape index (κ3) is 2.80. The van der Waals surface area contributed by atoms with E-state index in [1.54, 1.807) is 18.5 Å². The van der Waals surface area contributed by atoms with Gasteiger partial charge in [0.2, 0.25) is 0 Å². The minimum absolute atomic E-state index is 0.310. The first-order valence-electron chi connectivity index (χ1n) is 6.08. The third-order valence-electron chi connectivity index (χ3n) is 2.72. The normalized spacial score (nSPS) is 10.3. The van der Waals surface area contributed by atoms with Gasteiger partial charge in [0.15, 0.2) is 0 Å². The Hall–Kier alpha value is -2.03. The maximum atomic E-state index is 9.52. The summed E-state index contributed by atoms with van der Waals surface area (Å²) in [5.74, 6) is 1.09. The first-order valence-corrected chi connectivity index (χ1v) is 6.08. The molecule has 0 spiro atoms. The number of hydrogen-bond acceptors (Lipinski definition) is 3. The molecule has 0 unspecified atom stereocenters. The number of phenolic OH excluding ortho intramolecular Hbond substituents is 1. The Kier molecular flexibility index (Phi) is 3.82. The van der Waals surface area contributed by atoms with Gasteiger partial charge in [-0.05, 0) is 42.7 Å². The number of aryl methyl sites for hydroxylation is 1. The molecule has 2 aromatic rings. The number of hydrogen-bond donors (Lipinski definition) is 1. The van der Waals surface area contributed by atoms with Gasteiger partial charge in [0, 0.05) is 11.8 Å². The second-order valence-electron chi connectivity index (χ2n) is 4.26. The molecule has 3 nitrogen and oxygen atoms in total. The monoisotopic (exact) mass is 243 g/mol. The Morgan fingerprint density at radius 1 is 1.17 bits per heavy atom. The standard InChI is InChI=1S/C15H17NO2/c1-3-6-18-14-8-13(9-16-10-14)12-4-5-15(17)11(2)7-12/h4-5,7-10,17H,3,6H2,1-2H3. The number of benzene rings is 1. The van der Waals surface area contributed by atoms with Gasteiger partial charge in [-0.3, -0.25) is 4.98 Å². The Labute approximate surface area is 107 Å². The molecule has 0 atom stereocenters. The van der Waals surface area contributed by atoms with E-state index in [0.29, 0.717) is 12.4 Å². The summed E-state index contributed by atoms with van der Waals surface area (Å²) in [4.78, 5) is 4.18. The molecule has 0 bridgehead atoms. The molecule has 2 rings (SSSR count). The Morgan fingerprint density at radius 3 is 2.72 bits per heavy atom. The highest BCUT2D eigenvalue weighted by molar-refractivity contribution is 5.65. The molecular formula is C15H17NO2. The fraction of sp³-hybridized carbons (Fsp3) is 0.267. The van der Waals surface area contributed by atoms with E-state index in [1.807, 2.05) is 25.1 Å². The molecule has 94 valence electrons. The Bertz CT molecular complexity index is 538. The fourth-order valence-corrected chi connectivity index (χ4v) is 1.71. The van der Waals surface area contributed by atoms with E-state index in [0.717, 1.165) is 28.9 Å². The van der Waals surface area contributed by atoms with E-state index in [4.69, 9.17) is 4.74 Å². The first-order chi connectivity index (χ1) is 8.70. The highest BCUT2D eigenvalue weighted by Gasteiger charge is 2.03. The predicted molar refractivity (Wildman–Crippen MR) is 71.9 cm³/mol. The highest BCUT2D eigenvalue weighted by Crippen LogP contribution is 2.26. The van der Waals surface area contributed by atoms with E-state index in [1.165, 1.54) is 0 Å². The number of phenols is 1. The van der Waals surface area contributed by atoms with Crippen molar-refractivity contribution in [1.82, 2.24) is 4.98 Å². The van der Waals surface area contributed by atoms with Gasteiger partial charge in [-0.15, -0.1) is 0 Å². The van der Waals surface area contributed by atoms with Gasteiger partial charge >= 0.3 is 0 Å². The van der Waals surface area contributed by atoms with Crippen molar-refractivity contribution < 1.29 is 9.84 Å². The van der Waals surface area contributed by atoms with E-state index in [-0.39, 0.29) is 0 Å². The molecule has 1 N–H and O–H groups in total. The lowest BCUT2D eigenvalue weighted by atomic mass is 10.0. The van der Waals surface area contributed by atoms with Crippen molar-refractivity contribution in [3.63, 3.8) is 0 Å². The fourth-order valence-electron chi connectivity index (χ4n) is 1.71. The smallest absolute Gasteiger partial charge is 0.138 e. The van der Waals surface area contributed by atoms with Crippen LogP contribution in [0.4, 0.5) is 0 Å². The van der Waals surface area contributed by atoms with Crippen molar-refractivity contribution in [3.8, 4) is 22.6 Å². The molecule has 1 heterocycles. The zero-order valence-electron chi connectivity index (χ0n) is 10.7. The van der Waals surface area contributed by atoms with Crippen molar-refractivity contribution in [3.05, 3.63) is 42.2 Å². The van der Waals surface area contributed by atoms with Crippen LogP contribution in [-0.2, 0) is 0 Å². The minimum atomic E-state index is 0.310. The van der Waals surface area contributed by atoms with Crippen LogP contribution in [0.5, 0.6) is 11.5 Å². The molecule has 0 fully saturated rings. The van der Waals surface area contributed by atoms with E-state index >= 15 is 0 Å². The maximum absolute atomic E-state index is 9.52. The minimum Gasteiger partial charge on any atom is -0.508 e. The van der Waals surface area contributed by atoms with Crippen LogP contribution in [0.25, 0.3) is 11.1 Å². The van der Waals surface area contributed by atoms with Crippen molar-refractivity contribution in [1.29, 1.82) is 0 Å². The molecule has 0 aliphatic carbocycles. The molecular weight excluding hydrogens is 226 g/mol. The van der Waals surface area contributed by atoms with Crippen molar-refractivity contribution in [2.24, 2.45) is 0 Å². The molecule has 0 aliphatic rings. The van der Waals surface area contributed by atoms with Crippen molar-refractivity contribution in [2.45, 2.75) is 20.3 Å². The average molecular weight is 243 g/mol. The molecule has 0 amide bonds. The summed E-state index contributed by atoms with van der Waals surface area (Å²) in [6.07, 6.45) is 4.49. The largest absolute Gasteiger partial charge is 0.508 e. The van der Waals surface area contributed by atoms with Gasteiger partial charge < -0.3 is 9.84 Å². The Morgan fingerprint density at radius 2 is 2.00 bits per heavy atom. The highest BCUT2D eigenvalue weighted by atomic mass is 16.5. The summed E-state index contributed by atoms with van der Waals surface area (Å²) in [7, 11) is 0. The lowest BCUT2D eigenvalue weighted by Gasteiger charge is -2.07. The summed E-state index contributed by atoms with van der Waals surface area (Å²) in [5.41, 5.74) is 2.87. The first kappa shape index (κ1) is 12.4. The SMILES string of the molecule is CCCOc1cncc(-c2ccc(O)c(C)c2)c1. The predicted octanol–water partition coefficient (Wildman–Crippen LogP) is 3.55. The molecule has 0 saturated carbocycles. The van der Waals surface area contributed by atoms with Crippen LogP contribution in [0.1, 0.15) is 18.9 Å². The molecule has 0 saturated heterocycles. The number of aromatic hydroxyl groups is 1. The van der Waals surface area contributed by atoms with Crippen molar-refractivity contribution in [2.75, 3.05) is 6.61 Å². The van der Waals surface area contributed by atoms with Gasteiger partial charge in [0.1, 0.15) is 11.5 Å². The molecule has 0 radical (unpaired) electrons. The van der Waals surface area contributed by atoms with Crippen LogP contribution in [0.3, 0.4) is 0 Å². The Balaban J connectivity index is 2.29. The zero-order valence-corrected chi connectivity index (χ0v) is 10.7. The summed E-state index contributed by atoms with van der Waals surface area (Å²) in [6.45, 7) is 4.64. The second kappa shape index (κ2) is 5.54. The van der Waals surface area contributed by atoms with E-state index < -0.39 is 0 Å². The quantitative estimate of drug-likeness (QED) is 0.892. The maximum Gasteiger partial charge on any atom is 0.138 e. The molecule has 18 heavy (non-hydrogen) atoms. The van der Waals surface area contributed by atoms with Crippen LogP contribution in [-0.4, -0.2) is 16.7 Å². The average Bonchev–Trinajstić information content (AvgIpc) is 2.40.